The van der Waals surface area contributed by atoms with Gasteiger partial charge in [0.2, 0.25) is 0 Å². The van der Waals surface area contributed by atoms with E-state index in [0.29, 0.717) is 6.04 Å². The zero-order valence-electron chi connectivity index (χ0n) is 12.9. The molecule has 0 aromatic heterocycles. The number of carbonyl (C=O) groups is 1. The van der Waals surface area contributed by atoms with Gasteiger partial charge in [0.1, 0.15) is 6.04 Å². The van der Waals surface area contributed by atoms with E-state index in [9.17, 15) is 4.79 Å². The first-order valence-corrected chi connectivity index (χ1v) is 7.63. The molecule has 1 aliphatic carbocycles. The number of hydrogen-bond donors (Lipinski definition) is 1. The molecule has 4 heteroatoms. The third-order valence-corrected chi connectivity index (χ3v) is 4.42. The number of hydrogen-bond acceptors (Lipinski definition) is 4. The summed E-state index contributed by atoms with van der Waals surface area (Å²) in [4.78, 5) is 14.0. The van der Waals surface area contributed by atoms with Crippen LogP contribution in [0.4, 0.5) is 0 Å². The Hall–Kier alpha value is -0.610. The van der Waals surface area contributed by atoms with Gasteiger partial charge in [0.05, 0.1) is 7.11 Å². The van der Waals surface area contributed by atoms with E-state index < -0.39 is 0 Å². The first-order chi connectivity index (χ1) is 9.12. The maximum absolute atomic E-state index is 11.7. The van der Waals surface area contributed by atoms with Gasteiger partial charge in [0, 0.05) is 12.6 Å². The highest BCUT2D eigenvalue weighted by Crippen LogP contribution is 2.28. The molecule has 0 radical (unpaired) electrons. The maximum Gasteiger partial charge on any atom is 0.324 e. The van der Waals surface area contributed by atoms with E-state index in [-0.39, 0.29) is 12.0 Å². The Morgan fingerprint density at radius 2 is 1.95 bits per heavy atom. The molecule has 0 aromatic carbocycles. The zero-order chi connectivity index (χ0) is 14.3. The topological polar surface area (TPSA) is 41.6 Å². The molecule has 0 saturated heterocycles. The highest BCUT2D eigenvalue weighted by molar-refractivity contribution is 5.75. The van der Waals surface area contributed by atoms with Gasteiger partial charge < -0.3 is 15.0 Å². The van der Waals surface area contributed by atoms with Gasteiger partial charge >= 0.3 is 5.97 Å². The molecule has 0 heterocycles. The second-order valence-corrected chi connectivity index (χ2v) is 5.66. The van der Waals surface area contributed by atoms with E-state index in [1.54, 1.807) is 0 Å². The van der Waals surface area contributed by atoms with Gasteiger partial charge in [-0.2, -0.15) is 0 Å². The van der Waals surface area contributed by atoms with E-state index in [4.69, 9.17) is 4.74 Å². The van der Waals surface area contributed by atoms with E-state index in [1.165, 1.54) is 39.2 Å². The van der Waals surface area contributed by atoms with Crippen molar-refractivity contribution in [2.45, 2.75) is 58.0 Å². The Kier molecular flexibility index (Phi) is 7.39. The van der Waals surface area contributed by atoms with Gasteiger partial charge in [0.25, 0.3) is 0 Å². The average Bonchev–Trinajstić information content (AvgIpc) is 2.46. The Morgan fingerprint density at radius 3 is 2.42 bits per heavy atom. The molecule has 1 saturated carbocycles. The summed E-state index contributed by atoms with van der Waals surface area (Å²) in [5, 5.41) is 3.21. The van der Waals surface area contributed by atoms with Crippen molar-refractivity contribution in [3.63, 3.8) is 0 Å². The molecule has 4 nitrogen and oxygen atoms in total. The minimum absolute atomic E-state index is 0.157. The molecule has 19 heavy (non-hydrogen) atoms. The van der Waals surface area contributed by atoms with Gasteiger partial charge in [-0.3, -0.25) is 4.79 Å². The number of carbonyl (C=O) groups excluding carboxylic acids is 1. The van der Waals surface area contributed by atoms with Gasteiger partial charge in [0.15, 0.2) is 0 Å². The molecule has 0 bridgehead atoms. The van der Waals surface area contributed by atoms with Crippen molar-refractivity contribution >= 4 is 5.97 Å². The largest absolute Gasteiger partial charge is 0.468 e. The summed E-state index contributed by atoms with van der Waals surface area (Å²) in [5.74, 6) is 0.755. The lowest BCUT2D eigenvalue weighted by molar-refractivity contribution is -0.143. The predicted octanol–water partition coefficient (Wildman–Crippen LogP) is 2.04. The summed E-state index contributed by atoms with van der Waals surface area (Å²) in [6.45, 7) is 5.83. The van der Waals surface area contributed by atoms with Crippen molar-refractivity contribution < 1.29 is 9.53 Å². The number of rotatable bonds is 7. The van der Waals surface area contributed by atoms with Crippen molar-refractivity contribution in [2.75, 3.05) is 27.2 Å². The van der Waals surface area contributed by atoms with Crippen LogP contribution in [0.2, 0.25) is 0 Å². The summed E-state index contributed by atoms with van der Waals surface area (Å²) >= 11 is 0. The quantitative estimate of drug-likeness (QED) is 0.719. The van der Waals surface area contributed by atoms with Crippen molar-refractivity contribution in [1.29, 1.82) is 0 Å². The van der Waals surface area contributed by atoms with E-state index >= 15 is 0 Å². The Balaban J connectivity index is 2.43. The van der Waals surface area contributed by atoms with Crippen molar-refractivity contribution in [2.24, 2.45) is 5.92 Å². The normalized spacial score (nSPS) is 25.3. The zero-order valence-corrected chi connectivity index (χ0v) is 12.9. The van der Waals surface area contributed by atoms with Crippen LogP contribution in [-0.4, -0.2) is 50.2 Å². The second-order valence-electron chi connectivity index (χ2n) is 5.66. The molecule has 1 aliphatic rings. The van der Waals surface area contributed by atoms with Crippen LogP contribution < -0.4 is 5.32 Å². The Morgan fingerprint density at radius 1 is 1.32 bits per heavy atom. The van der Waals surface area contributed by atoms with Crippen molar-refractivity contribution in [1.82, 2.24) is 10.2 Å². The predicted molar refractivity (Wildman–Crippen MR) is 78.1 cm³/mol. The number of methoxy groups -OCH3 is 1. The number of esters is 1. The molecular formula is C15H30N2O2. The first-order valence-electron chi connectivity index (χ1n) is 7.63. The van der Waals surface area contributed by atoms with Gasteiger partial charge in [-0.15, -0.1) is 0 Å². The summed E-state index contributed by atoms with van der Waals surface area (Å²) < 4.78 is 4.86. The SMILES string of the molecule is CCNC(CN(C)C1CCC(CC)CC1)C(=O)OC. The molecule has 112 valence electrons. The fraction of sp³-hybridized carbons (Fsp3) is 0.933. The molecule has 0 spiro atoms. The van der Waals surface area contributed by atoms with Crippen LogP contribution in [0.15, 0.2) is 0 Å². The summed E-state index contributed by atoms with van der Waals surface area (Å²) in [7, 11) is 3.59. The molecule has 0 amide bonds. The lowest BCUT2D eigenvalue weighted by atomic mass is 9.84. The third kappa shape index (κ3) is 5.11. The monoisotopic (exact) mass is 270 g/mol. The van der Waals surface area contributed by atoms with Gasteiger partial charge in [-0.05, 0) is 45.2 Å². The van der Waals surface area contributed by atoms with Crippen LogP contribution in [0, 0.1) is 5.92 Å². The van der Waals surface area contributed by atoms with Crippen LogP contribution in [-0.2, 0) is 9.53 Å². The van der Waals surface area contributed by atoms with E-state index in [1.807, 2.05) is 6.92 Å². The van der Waals surface area contributed by atoms with E-state index in [2.05, 4.69) is 24.2 Å². The number of nitrogens with zero attached hydrogens (tertiary/aromatic N) is 1. The van der Waals surface area contributed by atoms with Crippen molar-refractivity contribution in [3.05, 3.63) is 0 Å². The average molecular weight is 270 g/mol. The molecule has 0 aliphatic heterocycles. The molecule has 1 rings (SSSR count). The fourth-order valence-corrected chi connectivity index (χ4v) is 3.04. The van der Waals surface area contributed by atoms with Gasteiger partial charge in [-0.1, -0.05) is 20.3 Å². The summed E-state index contributed by atoms with van der Waals surface area (Å²) in [6.07, 6.45) is 6.48. The van der Waals surface area contributed by atoms with Crippen LogP contribution in [0.3, 0.4) is 0 Å². The second kappa shape index (κ2) is 8.54. The van der Waals surface area contributed by atoms with Crippen LogP contribution in [0.5, 0.6) is 0 Å². The van der Waals surface area contributed by atoms with E-state index in [0.717, 1.165) is 19.0 Å². The number of nitrogens with one attached hydrogen (secondary N) is 1. The molecule has 1 unspecified atom stereocenters. The standard InChI is InChI=1S/C15H30N2O2/c1-5-12-7-9-13(10-8-12)17(3)11-14(16-6-2)15(18)19-4/h12-14,16H,5-11H2,1-4H3. The first kappa shape index (κ1) is 16.4. The van der Waals surface area contributed by atoms with Crippen LogP contribution in [0.1, 0.15) is 46.0 Å². The number of ether oxygens (including phenoxy) is 1. The third-order valence-electron chi connectivity index (χ3n) is 4.42. The lowest BCUT2D eigenvalue weighted by Gasteiger charge is -2.35. The molecule has 1 fully saturated rings. The highest BCUT2D eigenvalue weighted by atomic mass is 16.5. The highest BCUT2D eigenvalue weighted by Gasteiger charge is 2.27. The Bertz CT molecular complexity index is 263. The molecule has 1 N–H and O–H groups in total. The maximum atomic E-state index is 11.7. The number of likely N-dealkylation sites (N-methyl/N-ethyl adjacent to an activating group) is 2. The summed E-state index contributed by atoms with van der Waals surface area (Å²) in [5.41, 5.74) is 0. The van der Waals surface area contributed by atoms with Crippen LogP contribution >= 0.6 is 0 Å². The van der Waals surface area contributed by atoms with Crippen molar-refractivity contribution in [3.8, 4) is 0 Å². The minimum Gasteiger partial charge on any atom is -0.468 e. The minimum atomic E-state index is -0.205. The fourth-order valence-electron chi connectivity index (χ4n) is 3.04. The van der Waals surface area contributed by atoms with Crippen LogP contribution in [0.25, 0.3) is 0 Å². The molecule has 0 aromatic rings. The molecular weight excluding hydrogens is 240 g/mol. The van der Waals surface area contributed by atoms with Gasteiger partial charge in [-0.25, -0.2) is 0 Å². The lowest BCUT2D eigenvalue weighted by Crippen LogP contribution is -2.48. The summed E-state index contributed by atoms with van der Waals surface area (Å²) in [6, 6.07) is 0.414. The Labute approximate surface area is 117 Å². The smallest absolute Gasteiger partial charge is 0.324 e. The molecule has 1 atom stereocenters.